The highest BCUT2D eigenvalue weighted by atomic mass is 35.5. The van der Waals surface area contributed by atoms with Crippen LogP contribution in [0.25, 0.3) is 0 Å². The van der Waals surface area contributed by atoms with Gasteiger partial charge in [0.15, 0.2) is 0 Å². The SMILES string of the molecule is O=C(NCc1ccccc1)[C@@H](c1ccccc1)N1CCN(S(=O)(=O)c2cc(F)ccc2Cl)CC1. The first-order valence-electron chi connectivity index (χ1n) is 10.9. The number of hydrogen-bond donors (Lipinski definition) is 1. The highest BCUT2D eigenvalue weighted by molar-refractivity contribution is 7.89. The van der Waals surface area contributed by atoms with Gasteiger partial charge >= 0.3 is 0 Å². The third-order valence-electron chi connectivity index (χ3n) is 5.82. The second kappa shape index (κ2) is 10.7. The summed E-state index contributed by atoms with van der Waals surface area (Å²) >= 11 is 6.05. The summed E-state index contributed by atoms with van der Waals surface area (Å²) in [7, 11) is -3.96. The summed E-state index contributed by atoms with van der Waals surface area (Å²) in [5.41, 5.74) is 1.82. The molecule has 1 heterocycles. The molecule has 1 aliphatic rings. The van der Waals surface area contributed by atoms with E-state index >= 15 is 0 Å². The van der Waals surface area contributed by atoms with Crippen LogP contribution in [0.1, 0.15) is 17.2 Å². The molecule has 0 aliphatic carbocycles. The molecule has 0 unspecified atom stereocenters. The number of carbonyl (C=O) groups excluding carboxylic acids is 1. The summed E-state index contributed by atoms with van der Waals surface area (Å²) in [5, 5.41) is 2.98. The van der Waals surface area contributed by atoms with Gasteiger partial charge in [-0.15, -0.1) is 0 Å². The second-order valence-electron chi connectivity index (χ2n) is 8.03. The first-order chi connectivity index (χ1) is 16.4. The van der Waals surface area contributed by atoms with Gasteiger partial charge in [0, 0.05) is 32.7 Å². The van der Waals surface area contributed by atoms with Crippen LogP contribution in [0.2, 0.25) is 5.02 Å². The van der Waals surface area contributed by atoms with Gasteiger partial charge in [0.1, 0.15) is 16.8 Å². The molecule has 0 spiro atoms. The van der Waals surface area contributed by atoms with Gasteiger partial charge in [-0.05, 0) is 29.3 Å². The Morgan fingerprint density at radius 2 is 1.56 bits per heavy atom. The lowest BCUT2D eigenvalue weighted by Crippen LogP contribution is -2.52. The van der Waals surface area contributed by atoms with Crippen molar-refractivity contribution >= 4 is 27.5 Å². The van der Waals surface area contributed by atoms with Crippen molar-refractivity contribution in [2.24, 2.45) is 0 Å². The van der Waals surface area contributed by atoms with Gasteiger partial charge in [-0.25, -0.2) is 12.8 Å². The molecule has 34 heavy (non-hydrogen) atoms. The molecule has 3 aromatic rings. The molecule has 1 saturated heterocycles. The average molecular weight is 502 g/mol. The third kappa shape index (κ3) is 5.47. The van der Waals surface area contributed by atoms with E-state index in [2.05, 4.69) is 5.32 Å². The normalized spacial score (nSPS) is 16.2. The lowest BCUT2D eigenvalue weighted by Gasteiger charge is -2.38. The number of piperazine rings is 1. The van der Waals surface area contributed by atoms with Crippen molar-refractivity contribution < 1.29 is 17.6 Å². The molecule has 0 aromatic heterocycles. The summed E-state index contributed by atoms with van der Waals surface area (Å²) in [6.45, 7) is 1.39. The first-order valence-corrected chi connectivity index (χ1v) is 12.7. The van der Waals surface area contributed by atoms with E-state index in [0.29, 0.717) is 19.6 Å². The second-order valence-corrected chi connectivity index (χ2v) is 10.3. The van der Waals surface area contributed by atoms with E-state index < -0.39 is 21.9 Å². The highest BCUT2D eigenvalue weighted by Crippen LogP contribution is 2.28. The minimum atomic E-state index is -3.96. The molecule has 9 heteroatoms. The fraction of sp³-hybridized carbons (Fsp3) is 0.240. The van der Waals surface area contributed by atoms with Crippen molar-refractivity contribution in [3.8, 4) is 0 Å². The number of halogens is 2. The minimum absolute atomic E-state index is 0.0220. The van der Waals surface area contributed by atoms with E-state index in [1.807, 2.05) is 65.6 Å². The molecule has 178 valence electrons. The van der Waals surface area contributed by atoms with Crippen LogP contribution < -0.4 is 5.32 Å². The number of nitrogens with one attached hydrogen (secondary N) is 1. The molecule has 1 aliphatic heterocycles. The number of benzene rings is 3. The summed E-state index contributed by atoms with van der Waals surface area (Å²) in [4.78, 5) is 15.0. The Morgan fingerprint density at radius 1 is 0.941 bits per heavy atom. The minimum Gasteiger partial charge on any atom is -0.350 e. The zero-order valence-corrected chi connectivity index (χ0v) is 20.0. The average Bonchev–Trinajstić information content (AvgIpc) is 2.86. The van der Waals surface area contributed by atoms with Gasteiger partial charge in [-0.1, -0.05) is 72.3 Å². The molecule has 0 saturated carbocycles. The number of hydrogen-bond acceptors (Lipinski definition) is 4. The number of rotatable bonds is 7. The molecule has 0 radical (unpaired) electrons. The summed E-state index contributed by atoms with van der Waals surface area (Å²) in [5.74, 6) is -0.819. The van der Waals surface area contributed by atoms with Gasteiger partial charge in [-0.3, -0.25) is 9.69 Å². The Morgan fingerprint density at radius 3 is 2.21 bits per heavy atom. The smallest absolute Gasteiger partial charge is 0.244 e. The Bertz CT molecular complexity index is 1230. The lowest BCUT2D eigenvalue weighted by atomic mass is 10.0. The van der Waals surface area contributed by atoms with E-state index in [0.717, 1.165) is 23.3 Å². The summed E-state index contributed by atoms with van der Waals surface area (Å²) in [6, 6.07) is 21.8. The van der Waals surface area contributed by atoms with Crippen LogP contribution in [-0.2, 0) is 21.4 Å². The lowest BCUT2D eigenvalue weighted by molar-refractivity contribution is -0.127. The molecule has 1 fully saturated rings. The fourth-order valence-corrected chi connectivity index (χ4v) is 5.97. The van der Waals surface area contributed by atoms with Crippen molar-refractivity contribution in [2.75, 3.05) is 26.2 Å². The van der Waals surface area contributed by atoms with E-state index in [1.165, 1.54) is 10.4 Å². The fourth-order valence-electron chi connectivity index (χ4n) is 4.06. The van der Waals surface area contributed by atoms with Crippen LogP contribution in [0.15, 0.2) is 83.8 Å². The van der Waals surface area contributed by atoms with Crippen LogP contribution >= 0.6 is 11.6 Å². The molecule has 1 N–H and O–H groups in total. The van der Waals surface area contributed by atoms with Crippen LogP contribution in [0.4, 0.5) is 4.39 Å². The van der Waals surface area contributed by atoms with Crippen LogP contribution in [0.5, 0.6) is 0 Å². The maximum Gasteiger partial charge on any atom is 0.244 e. The monoisotopic (exact) mass is 501 g/mol. The van der Waals surface area contributed by atoms with Crippen molar-refractivity contribution in [3.63, 3.8) is 0 Å². The summed E-state index contributed by atoms with van der Waals surface area (Å²) in [6.07, 6.45) is 0. The Balaban J connectivity index is 1.49. The maximum atomic E-state index is 13.7. The zero-order chi connectivity index (χ0) is 24.1. The van der Waals surface area contributed by atoms with Gasteiger partial charge in [0.25, 0.3) is 0 Å². The van der Waals surface area contributed by atoms with Crippen LogP contribution in [0.3, 0.4) is 0 Å². The summed E-state index contributed by atoms with van der Waals surface area (Å²) < 4.78 is 41.1. The van der Waals surface area contributed by atoms with E-state index in [4.69, 9.17) is 11.6 Å². The van der Waals surface area contributed by atoms with E-state index in [1.54, 1.807) is 0 Å². The van der Waals surface area contributed by atoms with Crippen LogP contribution in [0, 0.1) is 5.82 Å². The molecule has 0 bridgehead atoms. The van der Waals surface area contributed by atoms with Crippen molar-refractivity contribution in [2.45, 2.75) is 17.5 Å². The van der Waals surface area contributed by atoms with Gasteiger partial charge in [0.2, 0.25) is 15.9 Å². The van der Waals surface area contributed by atoms with Crippen molar-refractivity contribution in [1.82, 2.24) is 14.5 Å². The topological polar surface area (TPSA) is 69.7 Å². The van der Waals surface area contributed by atoms with Gasteiger partial charge in [0.05, 0.1) is 5.02 Å². The molecule has 1 atom stereocenters. The number of amides is 1. The molecule has 3 aromatic carbocycles. The predicted octanol–water partition coefficient (Wildman–Crippen LogP) is 3.84. The van der Waals surface area contributed by atoms with E-state index in [9.17, 15) is 17.6 Å². The Labute approximate surface area is 204 Å². The third-order valence-corrected chi connectivity index (χ3v) is 8.20. The number of sulfonamides is 1. The molecule has 6 nitrogen and oxygen atoms in total. The number of carbonyl (C=O) groups is 1. The zero-order valence-electron chi connectivity index (χ0n) is 18.4. The quantitative estimate of drug-likeness (QED) is 0.534. The Hall–Kier alpha value is -2.78. The van der Waals surface area contributed by atoms with Gasteiger partial charge in [-0.2, -0.15) is 4.31 Å². The highest BCUT2D eigenvalue weighted by Gasteiger charge is 2.35. The molecule has 1 amide bonds. The molecular weight excluding hydrogens is 477 g/mol. The molecule has 4 rings (SSSR count). The Kier molecular flexibility index (Phi) is 7.63. The van der Waals surface area contributed by atoms with Gasteiger partial charge < -0.3 is 5.32 Å². The van der Waals surface area contributed by atoms with Crippen molar-refractivity contribution in [3.05, 3.63) is 101 Å². The first kappa shape index (κ1) is 24.3. The molecular formula is C25H25ClFN3O3S. The van der Waals surface area contributed by atoms with Crippen LogP contribution in [-0.4, -0.2) is 49.7 Å². The largest absolute Gasteiger partial charge is 0.350 e. The standard InChI is InChI=1S/C25H25ClFN3O3S/c26-22-12-11-21(27)17-23(22)34(32,33)30-15-13-29(14-16-30)24(20-9-5-2-6-10-20)25(31)28-18-19-7-3-1-4-8-19/h1-12,17,24H,13-16,18H2,(H,28,31)/t24-/m1/s1. The van der Waals surface area contributed by atoms with E-state index in [-0.39, 0.29) is 28.9 Å². The van der Waals surface area contributed by atoms with Crippen molar-refractivity contribution in [1.29, 1.82) is 0 Å². The predicted molar refractivity (Wildman–Crippen MR) is 129 cm³/mol. The maximum absolute atomic E-state index is 13.7. The number of nitrogens with zero attached hydrogens (tertiary/aromatic N) is 2.